The number of carbonyl (C=O) groups is 1. The van der Waals surface area contributed by atoms with Crippen LogP contribution in [0.1, 0.15) is 40.6 Å². The number of hydrogen-bond donors (Lipinski definition) is 2. The molecule has 25 heavy (non-hydrogen) atoms. The molecule has 0 radical (unpaired) electrons. The molecule has 0 bridgehead atoms. The van der Waals surface area contributed by atoms with E-state index >= 15 is 0 Å². The van der Waals surface area contributed by atoms with E-state index in [0.29, 0.717) is 0 Å². The molecule has 1 aliphatic rings. The number of para-hydroxylation sites is 1. The lowest BCUT2D eigenvalue weighted by atomic mass is 9.93. The third kappa shape index (κ3) is 2.77. The van der Waals surface area contributed by atoms with E-state index in [1.54, 1.807) is 0 Å². The Morgan fingerprint density at radius 2 is 2.12 bits per heavy atom. The fraction of sp³-hybridized carbons (Fsp3) is 0.278. The number of carbonyl (C=O) groups excluding carboxylic acids is 1. The van der Waals surface area contributed by atoms with Crippen molar-refractivity contribution in [3.8, 4) is 11.4 Å². The fourth-order valence-electron chi connectivity index (χ4n) is 3.32. The van der Waals surface area contributed by atoms with Crippen LogP contribution in [0.25, 0.3) is 5.69 Å². The number of nitrogens with zero attached hydrogens (tertiary/aromatic N) is 4. The first-order valence-corrected chi connectivity index (χ1v) is 8.29. The van der Waals surface area contributed by atoms with Crippen molar-refractivity contribution in [1.29, 1.82) is 0 Å². The van der Waals surface area contributed by atoms with Gasteiger partial charge >= 0.3 is 0 Å². The maximum absolute atomic E-state index is 12.6. The van der Waals surface area contributed by atoms with Crippen LogP contribution in [0.3, 0.4) is 0 Å². The first-order chi connectivity index (χ1) is 12.1. The first-order valence-electron chi connectivity index (χ1n) is 8.29. The summed E-state index contributed by atoms with van der Waals surface area (Å²) in [4.78, 5) is 12.6. The molecular weight excluding hydrogens is 318 g/mol. The smallest absolute Gasteiger partial charge is 0.276 e. The maximum Gasteiger partial charge on any atom is 0.276 e. The number of aromatic hydroxyl groups is 1. The summed E-state index contributed by atoms with van der Waals surface area (Å²) in [5.74, 6) is -0.516. The van der Waals surface area contributed by atoms with Crippen molar-refractivity contribution >= 4 is 5.91 Å². The largest absolute Gasteiger partial charge is 0.504 e. The first kappa shape index (κ1) is 15.4. The molecule has 128 valence electrons. The van der Waals surface area contributed by atoms with Crippen molar-refractivity contribution in [3.05, 3.63) is 59.7 Å². The second-order valence-corrected chi connectivity index (χ2v) is 6.23. The lowest BCUT2D eigenvalue weighted by molar-refractivity contribution is 0.0924. The Balaban J connectivity index is 1.57. The van der Waals surface area contributed by atoms with E-state index in [1.165, 1.54) is 10.9 Å². The lowest BCUT2D eigenvalue weighted by Gasteiger charge is -2.23. The average molecular weight is 337 g/mol. The minimum atomic E-state index is -0.381. The number of hydrogen-bond acceptors (Lipinski definition) is 4. The standard InChI is InChI=1S/C18H19N5O2/c1-22-15-9-5-8-14(13(15)10-19-22)20-18(25)17-16(24)11-23(21-17)12-6-3-2-4-7-12/h2-4,6-7,10-11,14,24H,5,8-9H2,1H3,(H,20,25)/t14-/m1/s1. The van der Waals surface area contributed by atoms with E-state index in [9.17, 15) is 9.90 Å². The van der Waals surface area contributed by atoms with Gasteiger partial charge in [0.2, 0.25) is 0 Å². The lowest BCUT2D eigenvalue weighted by Crippen LogP contribution is -2.31. The Morgan fingerprint density at radius 3 is 2.92 bits per heavy atom. The van der Waals surface area contributed by atoms with E-state index < -0.39 is 0 Å². The summed E-state index contributed by atoms with van der Waals surface area (Å²) >= 11 is 0. The molecule has 1 amide bonds. The van der Waals surface area contributed by atoms with Gasteiger partial charge in [-0.3, -0.25) is 9.48 Å². The van der Waals surface area contributed by atoms with Gasteiger partial charge < -0.3 is 10.4 Å². The van der Waals surface area contributed by atoms with Crippen molar-refractivity contribution in [1.82, 2.24) is 24.9 Å². The van der Waals surface area contributed by atoms with Gasteiger partial charge in [-0.05, 0) is 31.4 Å². The minimum absolute atomic E-state index is 0.0277. The van der Waals surface area contributed by atoms with Gasteiger partial charge in [-0.15, -0.1) is 0 Å². The van der Waals surface area contributed by atoms with Crippen LogP contribution in [0, 0.1) is 0 Å². The molecule has 0 spiro atoms. The molecule has 7 nitrogen and oxygen atoms in total. The summed E-state index contributed by atoms with van der Waals surface area (Å²) in [5.41, 5.74) is 3.00. The van der Waals surface area contributed by atoms with Gasteiger partial charge in [-0.1, -0.05) is 18.2 Å². The Morgan fingerprint density at radius 1 is 1.32 bits per heavy atom. The van der Waals surface area contributed by atoms with Crippen LogP contribution in [-0.4, -0.2) is 30.6 Å². The Hall–Kier alpha value is -3.09. The molecule has 1 atom stereocenters. The third-order valence-corrected chi connectivity index (χ3v) is 4.61. The van der Waals surface area contributed by atoms with Gasteiger partial charge in [0.05, 0.1) is 24.1 Å². The van der Waals surface area contributed by atoms with Crippen molar-refractivity contribution < 1.29 is 9.90 Å². The summed E-state index contributed by atoms with van der Waals surface area (Å²) in [7, 11) is 1.91. The zero-order chi connectivity index (χ0) is 17.4. The minimum Gasteiger partial charge on any atom is -0.504 e. The van der Waals surface area contributed by atoms with Crippen molar-refractivity contribution in [2.24, 2.45) is 7.05 Å². The number of aromatic nitrogens is 4. The quantitative estimate of drug-likeness (QED) is 0.767. The van der Waals surface area contributed by atoms with Crippen molar-refractivity contribution in [2.45, 2.75) is 25.3 Å². The molecular formula is C18H19N5O2. The number of fused-ring (bicyclic) bond motifs is 1. The van der Waals surface area contributed by atoms with Crippen molar-refractivity contribution in [3.63, 3.8) is 0 Å². The number of aryl methyl sites for hydroxylation is 1. The van der Waals surface area contributed by atoms with Gasteiger partial charge in [0, 0.05) is 18.3 Å². The molecule has 1 aromatic carbocycles. The molecule has 0 saturated carbocycles. The van der Waals surface area contributed by atoms with Gasteiger partial charge in [-0.25, -0.2) is 4.68 Å². The van der Waals surface area contributed by atoms with E-state index in [0.717, 1.165) is 36.2 Å². The van der Waals surface area contributed by atoms with E-state index in [-0.39, 0.29) is 23.4 Å². The fourth-order valence-corrected chi connectivity index (χ4v) is 3.32. The second kappa shape index (κ2) is 6.08. The Labute approximate surface area is 144 Å². The molecule has 7 heteroatoms. The van der Waals surface area contributed by atoms with E-state index in [4.69, 9.17) is 0 Å². The zero-order valence-electron chi connectivity index (χ0n) is 13.9. The predicted octanol–water partition coefficient (Wildman–Crippen LogP) is 2.12. The highest BCUT2D eigenvalue weighted by Crippen LogP contribution is 2.30. The highest BCUT2D eigenvalue weighted by molar-refractivity contribution is 5.95. The van der Waals surface area contributed by atoms with Crippen molar-refractivity contribution in [2.75, 3.05) is 0 Å². The number of amides is 1. The summed E-state index contributed by atoms with van der Waals surface area (Å²) in [6.07, 6.45) is 6.06. The van der Waals surface area contributed by atoms with Crippen LogP contribution in [0.2, 0.25) is 0 Å². The van der Waals surface area contributed by atoms with Gasteiger partial charge in [-0.2, -0.15) is 10.2 Å². The van der Waals surface area contributed by atoms with E-state index in [1.807, 2.05) is 48.3 Å². The molecule has 4 rings (SSSR count). The van der Waals surface area contributed by atoms with Gasteiger partial charge in [0.1, 0.15) is 0 Å². The molecule has 2 aromatic heterocycles. The molecule has 0 fully saturated rings. The summed E-state index contributed by atoms with van der Waals surface area (Å²) in [6.45, 7) is 0. The molecule has 2 heterocycles. The maximum atomic E-state index is 12.6. The number of nitrogens with one attached hydrogen (secondary N) is 1. The summed E-state index contributed by atoms with van der Waals surface area (Å²) in [5, 5.41) is 21.6. The monoisotopic (exact) mass is 337 g/mol. The topological polar surface area (TPSA) is 85.0 Å². The summed E-state index contributed by atoms with van der Waals surface area (Å²) < 4.78 is 3.36. The SMILES string of the molecule is Cn1ncc2c1CCC[C@H]2NC(=O)c1nn(-c2ccccc2)cc1O. The van der Waals surface area contributed by atoms with Gasteiger partial charge in [0.25, 0.3) is 5.91 Å². The molecule has 1 aliphatic carbocycles. The molecule has 0 saturated heterocycles. The van der Waals surface area contributed by atoms with Gasteiger partial charge in [0.15, 0.2) is 11.4 Å². The van der Waals surface area contributed by atoms with Crippen LogP contribution in [0.4, 0.5) is 0 Å². The van der Waals surface area contributed by atoms with Crippen LogP contribution in [0.5, 0.6) is 5.75 Å². The second-order valence-electron chi connectivity index (χ2n) is 6.23. The summed E-state index contributed by atoms with van der Waals surface area (Å²) in [6, 6.07) is 9.26. The molecule has 0 unspecified atom stereocenters. The molecule has 2 N–H and O–H groups in total. The average Bonchev–Trinajstić information content (AvgIpc) is 3.20. The Bertz CT molecular complexity index is 913. The van der Waals surface area contributed by atoms with Crippen LogP contribution >= 0.6 is 0 Å². The molecule has 0 aliphatic heterocycles. The Kier molecular flexibility index (Phi) is 3.76. The zero-order valence-corrected chi connectivity index (χ0v) is 13.9. The van der Waals surface area contributed by atoms with Crippen LogP contribution in [0.15, 0.2) is 42.7 Å². The third-order valence-electron chi connectivity index (χ3n) is 4.61. The highest BCUT2D eigenvalue weighted by Gasteiger charge is 2.27. The van der Waals surface area contributed by atoms with E-state index in [2.05, 4.69) is 15.5 Å². The van der Waals surface area contributed by atoms with Crippen LogP contribution in [-0.2, 0) is 13.5 Å². The number of rotatable bonds is 3. The number of benzene rings is 1. The molecule has 3 aromatic rings. The van der Waals surface area contributed by atoms with Crippen LogP contribution < -0.4 is 5.32 Å². The predicted molar refractivity (Wildman–Crippen MR) is 91.6 cm³/mol. The normalized spacial score (nSPS) is 16.4. The highest BCUT2D eigenvalue weighted by atomic mass is 16.3.